The standard InChI is InChI=1S/C15H21N3O6/c16-13(22)10-7(1-4-19)11(14(17)23)9(3-6-21)12(15(18)24)8(10)2-5-20/h19-21H,1-6H2,(H2,16,22)(H2,17,23)(H2,18,24). The minimum Gasteiger partial charge on any atom is -0.396 e. The Morgan fingerprint density at radius 2 is 0.792 bits per heavy atom. The predicted octanol–water partition coefficient (Wildman–Crippen LogP) is -2.41. The summed E-state index contributed by atoms with van der Waals surface area (Å²) in [7, 11) is 0. The van der Waals surface area contributed by atoms with Crippen LogP contribution >= 0.6 is 0 Å². The van der Waals surface area contributed by atoms with Crippen molar-refractivity contribution in [3.63, 3.8) is 0 Å². The van der Waals surface area contributed by atoms with Crippen LogP contribution in [0.1, 0.15) is 47.8 Å². The Morgan fingerprint density at radius 1 is 0.583 bits per heavy atom. The van der Waals surface area contributed by atoms with Crippen molar-refractivity contribution in [2.45, 2.75) is 19.3 Å². The highest BCUT2D eigenvalue weighted by atomic mass is 16.3. The molecule has 9 heteroatoms. The molecule has 0 aliphatic carbocycles. The number of rotatable bonds is 9. The second-order valence-corrected chi connectivity index (χ2v) is 5.07. The van der Waals surface area contributed by atoms with Crippen LogP contribution in [0.4, 0.5) is 0 Å². The van der Waals surface area contributed by atoms with Gasteiger partial charge in [0.2, 0.25) is 17.7 Å². The van der Waals surface area contributed by atoms with Crippen LogP contribution in [0.2, 0.25) is 0 Å². The molecule has 24 heavy (non-hydrogen) atoms. The number of amides is 3. The second-order valence-electron chi connectivity index (χ2n) is 5.07. The molecule has 0 saturated carbocycles. The third kappa shape index (κ3) is 3.70. The Hall–Kier alpha value is -2.49. The van der Waals surface area contributed by atoms with Gasteiger partial charge < -0.3 is 32.5 Å². The summed E-state index contributed by atoms with van der Waals surface area (Å²) in [4.78, 5) is 35.7. The van der Waals surface area contributed by atoms with Gasteiger partial charge in [-0.25, -0.2) is 0 Å². The molecule has 0 radical (unpaired) electrons. The number of benzene rings is 1. The van der Waals surface area contributed by atoms with Crippen LogP contribution in [0, 0.1) is 0 Å². The first-order valence-corrected chi connectivity index (χ1v) is 7.24. The molecule has 0 spiro atoms. The molecule has 0 aliphatic rings. The van der Waals surface area contributed by atoms with Gasteiger partial charge in [0.05, 0.1) is 0 Å². The molecule has 0 fully saturated rings. The lowest BCUT2D eigenvalue weighted by Gasteiger charge is -2.22. The van der Waals surface area contributed by atoms with Gasteiger partial charge in [-0.05, 0) is 36.0 Å². The van der Waals surface area contributed by atoms with Crippen molar-refractivity contribution in [1.82, 2.24) is 0 Å². The average molecular weight is 339 g/mol. The quantitative estimate of drug-likeness (QED) is 0.290. The van der Waals surface area contributed by atoms with Gasteiger partial charge in [-0.2, -0.15) is 0 Å². The van der Waals surface area contributed by atoms with E-state index in [0.717, 1.165) is 0 Å². The minimum absolute atomic E-state index is 0.0781. The maximum Gasteiger partial charge on any atom is 0.249 e. The molecule has 132 valence electrons. The average Bonchev–Trinajstić information content (AvgIpc) is 2.46. The molecule has 0 aliphatic heterocycles. The molecule has 3 amide bonds. The van der Waals surface area contributed by atoms with Crippen LogP contribution in [0.5, 0.6) is 0 Å². The molecule has 9 nitrogen and oxygen atoms in total. The van der Waals surface area contributed by atoms with Crippen LogP contribution in [0.25, 0.3) is 0 Å². The van der Waals surface area contributed by atoms with Crippen molar-refractivity contribution < 1.29 is 29.7 Å². The topological polar surface area (TPSA) is 190 Å². The molecule has 0 unspecified atom stereocenters. The first-order chi connectivity index (χ1) is 11.3. The van der Waals surface area contributed by atoms with Crippen molar-refractivity contribution >= 4 is 17.7 Å². The summed E-state index contributed by atoms with van der Waals surface area (Å²) >= 11 is 0. The summed E-state index contributed by atoms with van der Waals surface area (Å²) in [5, 5.41) is 27.8. The molecule has 0 atom stereocenters. The number of aliphatic hydroxyl groups is 3. The van der Waals surface area contributed by atoms with E-state index in [1.165, 1.54) is 0 Å². The maximum atomic E-state index is 11.9. The molecule has 9 N–H and O–H groups in total. The van der Waals surface area contributed by atoms with Crippen LogP contribution in [0.3, 0.4) is 0 Å². The molecule has 1 rings (SSSR count). The van der Waals surface area contributed by atoms with Gasteiger partial charge in [0, 0.05) is 36.5 Å². The first-order valence-electron chi connectivity index (χ1n) is 7.24. The maximum absolute atomic E-state index is 11.9. The van der Waals surface area contributed by atoms with E-state index in [1.807, 2.05) is 0 Å². The monoisotopic (exact) mass is 339 g/mol. The second kappa shape index (κ2) is 8.39. The summed E-state index contributed by atoms with van der Waals surface area (Å²) in [6.45, 7) is -1.23. The van der Waals surface area contributed by atoms with Crippen molar-refractivity contribution in [3.8, 4) is 0 Å². The van der Waals surface area contributed by atoms with Gasteiger partial charge >= 0.3 is 0 Å². The zero-order valence-corrected chi connectivity index (χ0v) is 13.0. The Bertz CT molecular complexity index is 560. The number of aliphatic hydroxyl groups excluding tert-OH is 3. The van der Waals surface area contributed by atoms with E-state index < -0.39 is 37.5 Å². The fourth-order valence-electron chi connectivity index (χ4n) is 2.90. The third-order valence-electron chi connectivity index (χ3n) is 3.64. The smallest absolute Gasteiger partial charge is 0.249 e. The van der Waals surface area contributed by atoms with Crippen LogP contribution in [-0.4, -0.2) is 52.9 Å². The van der Waals surface area contributed by atoms with Crippen molar-refractivity contribution in [1.29, 1.82) is 0 Å². The molecule has 0 bridgehead atoms. The number of nitrogens with two attached hydrogens (primary N) is 3. The van der Waals surface area contributed by atoms with E-state index in [4.69, 9.17) is 17.2 Å². The summed E-state index contributed by atoms with van der Waals surface area (Å²) < 4.78 is 0. The molecule has 1 aromatic rings. The number of primary amides is 3. The Morgan fingerprint density at radius 3 is 0.917 bits per heavy atom. The Balaban J connectivity index is 4.09. The molecule has 0 saturated heterocycles. The summed E-state index contributed by atoms with van der Waals surface area (Å²) in [5.41, 5.74) is 15.9. The Labute approximate surface area is 138 Å². The Kier molecular flexibility index (Phi) is 6.83. The van der Waals surface area contributed by atoms with E-state index >= 15 is 0 Å². The number of carbonyl (C=O) groups is 3. The SMILES string of the molecule is NC(=O)c1c(CCO)c(C(N)=O)c(CCO)c(C(N)=O)c1CCO. The van der Waals surface area contributed by atoms with Gasteiger partial charge in [0.1, 0.15) is 0 Å². The van der Waals surface area contributed by atoms with Gasteiger partial charge in [0.15, 0.2) is 0 Å². The first kappa shape index (κ1) is 19.6. The highest BCUT2D eigenvalue weighted by molar-refractivity contribution is 6.09. The van der Waals surface area contributed by atoms with Crippen LogP contribution in [-0.2, 0) is 19.3 Å². The summed E-state index contributed by atoms with van der Waals surface area (Å²) in [6, 6.07) is 0. The molecular weight excluding hydrogens is 318 g/mol. The highest BCUT2D eigenvalue weighted by Crippen LogP contribution is 2.30. The highest BCUT2D eigenvalue weighted by Gasteiger charge is 2.29. The fourth-order valence-corrected chi connectivity index (χ4v) is 2.90. The van der Waals surface area contributed by atoms with E-state index in [-0.39, 0.29) is 52.6 Å². The minimum atomic E-state index is -0.942. The largest absolute Gasteiger partial charge is 0.396 e. The zero-order chi connectivity index (χ0) is 18.4. The van der Waals surface area contributed by atoms with E-state index in [9.17, 15) is 29.7 Å². The van der Waals surface area contributed by atoms with Gasteiger partial charge in [0.25, 0.3) is 0 Å². The fraction of sp³-hybridized carbons (Fsp3) is 0.400. The van der Waals surface area contributed by atoms with Crippen LogP contribution in [0.15, 0.2) is 0 Å². The van der Waals surface area contributed by atoms with Gasteiger partial charge in [-0.1, -0.05) is 0 Å². The van der Waals surface area contributed by atoms with E-state index in [1.54, 1.807) is 0 Å². The number of hydrogen-bond acceptors (Lipinski definition) is 6. The van der Waals surface area contributed by atoms with Crippen molar-refractivity contribution in [3.05, 3.63) is 33.4 Å². The van der Waals surface area contributed by atoms with E-state index in [0.29, 0.717) is 0 Å². The lowest BCUT2D eigenvalue weighted by atomic mass is 9.82. The lowest BCUT2D eigenvalue weighted by molar-refractivity contribution is 0.0998. The molecular formula is C15H21N3O6. The molecule has 0 heterocycles. The number of hydrogen-bond donors (Lipinski definition) is 6. The normalized spacial score (nSPS) is 10.6. The summed E-state index contributed by atoms with van der Waals surface area (Å²) in [5.74, 6) is -2.83. The predicted molar refractivity (Wildman–Crippen MR) is 84.4 cm³/mol. The van der Waals surface area contributed by atoms with Gasteiger partial charge in [-0.15, -0.1) is 0 Å². The third-order valence-corrected chi connectivity index (χ3v) is 3.64. The number of carbonyl (C=O) groups excluding carboxylic acids is 3. The summed E-state index contributed by atoms with van der Waals surface area (Å²) in [6.07, 6.45) is -0.356. The van der Waals surface area contributed by atoms with Crippen molar-refractivity contribution in [2.24, 2.45) is 17.2 Å². The molecule has 0 aromatic heterocycles. The van der Waals surface area contributed by atoms with E-state index in [2.05, 4.69) is 0 Å². The lowest BCUT2D eigenvalue weighted by Crippen LogP contribution is -2.30. The zero-order valence-electron chi connectivity index (χ0n) is 13.0. The van der Waals surface area contributed by atoms with Crippen LogP contribution < -0.4 is 17.2 Å². The van der Waals surface area contributed by atoms with Gasteiger partial charge in [-0.3, -0.25) is 14.4 Å². The van der Waals surface area contributed by atoms with Crippen molar-refractivity contribution in [2.75, 3.05) is 19.8 Å². The molecule has 1 aromatic carbocycles.